The fourth-order valence-corrected chi connectivity index (χ4v) is 4.23. The molecule has 1 aliphatic heterocycles. The van der Waals surface area contributed by atoms with Gasteiger partial charge in [-0.1, -0.05) is 6.42 Å². The molecule has 1 heterocycles. The summed E-state index contributed by atoms with van der Waals surface area (Å²) in [5.74, 6) is 2.20. The standard InChI is InChI=1S/C13H21NO2/c15-13(16)12-4-3-11(14-12)7-10-6-8-1-2-9(10)5-8/h8-12,14H,1-7H2,(H,15,16). The fraction of sp³-hybridized carbons (Fsp3) is 0.923. The van der Waals surface area contributed by atoms with Crippen molar-refractivity contribution in [2.75, 3.05) is 0 Å². The minimum Gasteiger partial charge on any atom is -0.480 e. The van der Waals surface area contributed by atoms with Crippen LogP contribution in [0.25, 0.3) is 0 Å². The van der Waals surface area contributed by atoms with Gasteiger partial charge in [-0.3, -0.25) is 4.79 Å². The molecule has 0 aromatic carbocycles. The van der Waals surface area contributed by atoms with Gasteiger partial charge in [-0.15, -0.1) is 0 Å². The van der Waals surface area contributed by atoms with Gasteiger partial charge in [0.25, 0.3) is 0 Å². The van der Waals surface area contributed by atoms with E-state index in [4.69, 9.17) is 5.11 Å². The van der Waals surface area contributed by atoms with Crippen LogP contribution in [0.4, 0.5) is 0 Å². The Kier molecular flexibility index (Phi) is 2.66. The number of carboxylic acids is 1. The maximum Gasteiger partial charge on any atom is 0.320 e. The molecule has 2 saturated carbocycles. The highest BCUT2D eigenvalue weighted by atomic mass is 16.4. The van der Waals surface area contributed by atoms with Gasteiger partial charge in [-0.25, -0.2) is 0 Å². The first kappa shape index (κ1) is 10.6. The van der Waals surface area contributed by atoms with Crippen molar-refractivity contribution in [3.8, 4) is 0 Å². The first-order chi connectivity index (χ1) is 7.72. The molecule has 0 amide bonds. The first-order valence-electron chi connectivity index (χ1n) is 6.71. The number of rotatable bonds is 3. The van der Waals surface area contributed by atoms with Crippen molar-refractivity contribution < 1.29 is 9.90 Å². The monoisotopic (exact) mass is 223 g/mol. The summed E-state index contributed by atoms with van der Waals surface area (Å²) in [6.45, 7) is 0. The van der Waals surface area contributed by atoms with Gasteiger partial charge in [-0.05, 0) is 56.3 Å². The Hall–Kier alpha value is -0.570. The fourth-order valence-electron chi connectivity index (χ4n) is 4.23. The van der Waals surface area contributed by atoms with Crippen LogP contribution in [0.5, 0.6) is 0 Å². The Bertz CT molecular complexity index is 292. The van der Waals surface area contributed by atoms with Crippen molar-refractivity contribution in [2.45, 2.75) is 57.0 Å². The second-order valence-corrected chi connectivity index (χ2v) is 6.00. The molecule has 3 rings (SSSR count). The Labute approximate surface area is 96.6 Å². The molecule has 0 radical (unpaired) electrons. The average molecular weight is 223 g/mol. The lowest BCUT2D eigenvalue weighted by molar-refractivity contribution is -0.139. The van der Waals surface area contributed by atoms with E-state index in [0.29, 0.717) is 6.04 Å². The Morgan fingerprint density at radius 3 is 2.62 bits per heavy atom. The summed E-state index contributed by atoms with van der Waals surface area (Å²) < 4.78 is 0. The van der Waals surface area contributed by atoms with Crippen molar-refractivity contribution in [3.05, 3.63) is 0 Å². The molecule has 3 aliphatic rings. The SMILES string of the molecule is O=C(O)C1CCC(CC2CC3CCC2C3)N1. The van der Waals surface area contributed by atoms with Crippen molar-refractivity contribution >= 4 is 5.97 Å². The zero-order chi connectivity index (χ0) is 11.1. The van der Waals surface area contributed by atoms with E-state index in [9.17, 15) is 4.79 Å². The molecular weight excluding hydrogens is 202 g/mol. The first-order valence-corrected chi connectivity index (χ1v) is 6.71. The van der Waals surface area contributed by atoms with E-state index < -0.39 is 5.97 Å². The highest BCUT2D eigenvalue weighted by molar-refractivity contribution is 5.73. The van der Waals surface area contributed by atoms with Crippen molar-refractivity contribution in [3.63, 3.8) is 0 Å². The Balaban J connectivity index is 1.51. The van der Waals surface area contributed by atoms with Crippen LogP contribution < -0.4 is 5.32 Å². The molecule has 0 aromatic heterocycles. The summed E-state index contributed by atoms with van der Waals surface area (Å²) in [6.07, 6.45) is 8.87. The minimum absolute atomic E-state index is 0.274. The zero-order valence-electron chi connectivity index (χ0n) is 9.69. The van der Waals surface area contributed by atoms with Crippen LogP contribution in [0.1, 0.15) is 44.9 Å². The maximum atomic E-state index is 10.8. The predicted octanol–water partition coefficient (Wildman–Crippen LogP) is 2.02. The van der Waals surface area contributed by atoms with Crippen LogP contribution in [0.2, 0.25) is 0 Å². The normalized spacial score (nSPS) is 46.4. The van der Waals surface area contributed by atoms with Gasteiger partial charge in [-0.2, -0.15) is 0 Å². The molecule has 2 N–H and O–H groups in total. The molecule has 2 aliphatic carbocycles. The number of hydrogen-bond acceptors (Lipinski definition) is 2. The average Bonchev–Trinajstić information content (AvgIpc) is 2.91. The summed E-state index contributed by atoms with van der Waals surface area (Å²) in [5, 5.41) is 12.2. The van der Waals surface area contributed by atoms with E-state index in [-0.39, 0.29) is 6.04 Å². The summed E-state index contributed by atoms with van der Waals surface area (Å²) in [5.41, 5.74) is 0. The molecule has 0 spiro atoms. The highest BCUT2D eigenvalue weighted by Crippen LogP contribution is 2.50. The zero-order valence-corrected chi connectivity index (χ0v) is 9.69. The van der Waals surface area contributed by atoms with Crippen molar-refractivity contribution in [1.29, 1.82) is 0 Å². The van der Waals surface area contributed by atoms with Crippen LogP contribution in [0, 0.1) is 17.8 Å². The van der Waals surface area contributed by atoms with Gasteiger partial charge < -0.3 is 10.4 Å². The number of hydrogen-bond donors (Lipinski definition) is 2. The van der Waals surface area contributed by atoms with Crippen LogP contribution in [0.15, 0.2) is 0 Å². The van der Waals surface area contributed by atoms with Gasteiger partial charge in [0.1, 0.15) is 6.04 Å². The molecule has 3 fully saturated rings. The summed E-state index contributed by atoms with van der Waals surface area (Å²) in [6, 6.07) is 0.203. The number of fused-ring (bicyclic) bond motifs is 2. The molecule has 16 heavy (non-hydrogen) atoms. The van der Waals surface area contributed by atoms with Gasteiger partial charge >= 0.3 is 5.97 Å². The molecule has 5 unspecified atom stereocenters. The third-order valence-electron chi connectivity index (χ3n) is 5.01. The van der Waals surface area contributed by atoms with E-state index in [2.05, 4.69) is 5.32 Å². The molecule has 5 atom stereocenters. The molecule has 0 aromatic rings. The smallest absolute Gasteiger partial charge is 0.320 e. The van der Waals surface area contributed by atoms with Gasteiger partial charge in [0.15, 0.2) is 0 Å². The second kappa shape index (κ2) is 4.02. The van der Waals surface area contributed by atoms with E-state index in [1.807, 2.05) is 0 Å². The van der Waals surface area contributed by atoms with Crippen molar-refractivity contribution in [1.82, 2.24) is 5.32 Å². The lowest BCUT2D eigenvalue weighted by atomic mass is 9.84. The van der Waals surface area contributed by atoms with E-state index in [1.54, 1.807) is 0 Å². The third-order valence-corrected chi connectivity index (χ3v) is 5.01. The number of carbonyl (C=O) groups is 1. The molecule has 3 heteroatoms. The van der Waals surface area contributed by atoms with Crippen LogP contribution in [0.3, 0.4) is 0 Å². The van der Waals surface area contributed by atoms with Crippen LogP contribution >= 0.6 is 0 Å². The lowest BCUT2D eigenvalue weighted by Crippen LogP contribution is -2.36. The minimum atomic E-state index is -0.671. The number of nitrogens with one attached hydrogen (secondary N) is 1. The Morgan fingerprint density at radius 2 is 2.06 bits per heavy atom. The number of aliphatic carboxylic acids is 1. The van der Waals surface area contributed by atoms with E-state index in [0.717, 1.165) is 30.6 Å². The third kappa shape index (κ3) is 1.86. The summed E-state index contributed by atoms with van der Waals surface area (Å²) in [7, 11) is 0. The second-order valence-electron chi connectivity index (χ2n) is 6.00. The largest absolute Gasteiger partial charge is 0.480 e. The van der Waals surface area contributed by atoms with Crippen molar-refractivity contribution in [2.24, 2.45) is 17.8 Å². The quantitative estimate of drug-likeness (QED) is 0.769. The molecule has 2 bridgehead atoms. The van der Waals surface area contributed by atoms with Gasteiger partial charge in [0, 0.05) is 6.04 Å². The summed E-state index contributed by atoms with van der Waals surface area (Å²) in [4.78, 5) is 10.8. The highest BCUT2D eigenvalue weighted by Gasteiger charge is 2.41. The van der Waals surface area contributed by atoms with Gasteiger partial charge in [0.2, 0.25) is 0 Å². The maximum absolute atomic E-state index is 10.8. The van der Waals surface area contributed by atoms with E-state index in [1.165, 1.54) is 32.1 Å². The molecule has 3 nitrogen and oxygen atoms in total. The molecule has 90 valence electrons. The molecule has 1 saturated heterocycles. The lowest BCUT2D eigenvalue weighted by Gasteiger charge is -2.24. The van der Waals surface area contributed by atoms with Gasteiger partial charge in [0.05, 0.1) is 0 Å². The predicted molar refractivity (Wildman–Crippen MR) is 61.1 cm³/mol. The Morgan fingerprint density at radius 1 is 1.19 bits per heavy atom. The number of carboxylic acid groups (broad SMARTS) is 1. The topological polar surface area (TPSA) is 49.3 Å². The molecular formula is C13H21NO2. The van der Waals surface area contributed by atoms with Crippen LogP contribution in [-0.2, 0) is 4.79 Å². The summed E-state index contributed by atoms with van der Waals surface area (Å²) >= 11 is 0. The van der Waals surface area contributed by atoms with E-state index >= 15 is 0 Å². The van der Waals surface area contributed by atoms with Crippen LogP contribution in [-0.4, -0.2) is 23.2 Å².